The van der Waals surface area contributed by atoms with Crippen LogP contribution in [0.1, 0.15) is 18.1 Å². The largest absolute Gasteiger partial charge is 0.489 e. The number of guanidine groups is 1. The predicted molar refractivity (Wildman–Crippen MR) is 93.2 cm³/mol. The average Bonchev–Trinajstić information content (AvgIpc) is 2.54. The first kappa shape index (κ1) is 16.5. The van der Waals surface area contributed by atoms with E-state index < -0.39 is 0 Å². The van der Waals surface area contributed by atoms with E-state index in [1.165, 1.54) is 0 Å². The number of ether oxygens (including phenoxy) is 1. The Balaban J connectivity index is 2.08. The molecule has 120 valence electrons. The molecule has 1 atom stereocenters. The lowest BCUT2D eigenvalue weighted by Crippen LogP contribution is -2.28. The van der Waals surface area contributed by atoms with Crippen molar-refractivity contribution in [1.82, 2.24) is 0 Å². The predicted octanol–water partition coefficient (Wildman–Crippen LogP) is 1.59. The zero-order valence-electron chi connectivity index (χ0n) is 13.0. The highest BCUT2D eigenvalue weighted by Crippen LogP contribution is 2.15. The second kappa shape index (κ2) is 7.95. The molecule has 0 spiro atoms. The molecule has 6 nitrogen and oxygen atoms in total. The molecule has 0 aliphatic rings. The summed E-state index contributed by atoms with van der Waals surface area (Å²) in [6.45, 7) is 2.34. The fourth-order valence-corrected chi connectivity index (χ4v) is 1.99. The molecule has 6 heteroatoms. The second-order valence-electron chi connectivity index (χ2n) is 5.10. The van der Waals surface area contributed by atoms with Gasteiger partial charge in [0.1, 0.15) is 12.4 Å². The van der Waals surface area contributed by atoms with Crippen LogP contribution in [0.15, 0.2) is 64.8 Å². The maximum atomic E-state index is 5.91. The van der Waals surface area contributed by atoms with Crippen LogP contribution in [0, 0.1) is 0 Å². The second-order valence-corrected chi connectivity index (χ2v) is 5.10. The molecule has 23 heavy (non-hydrogen) atoms. The summed E-state index contributed by atoms with van der Waals surface area (Å²) in [5, 5.41) is 7.67. The van der Waals surface area contributed by atoms with Gasteiger partial charge in [0.05, 0.1) is 5.71 Å². The highest BCUT2D eigenvalue weighted by atomic mass is 16.5. The quantitative estimate of drug-likeness (QED) is 0.427. The Kier molecular flexibility index (Phi) is 5.71. The molecule has 2 rings (SSSR count). The Morgan fingerprint density at radius 1 is 1.00 bits per heavy atom. The van der Waals surface area contributed by atoms with E-state index in [0.717, 1.165) is 16.9 Å². The molecule has 0 aliphatic heterocycles. The maximum absolute atomic E-state index is 5.91. The lowest BCUT2D eigenvalue weighted by Gasteiger charge is -2.11. The summed E-state index contributed by atoms with van der Waals surface area (Å²) in [5.41, 5.74) is 19.1. The molecule has 0 bridgehead atoms. The topological polar surface area (TPSA) is 112 Å². The van der Waals surface area contributed by atoms with Crippen molar-refractivity contribution in [3.63, 3.8) is 0 Å². The number of nitrogens with zero attached hydrogens (tertiary/aromatic N) is 2. The van der Waals surface area contributed by atoms with Crippen LogP contribution >= 0.6 is 0 Å². The Morgan fingerprint density at radius 3 is 2.22 bits per heavy atom. The number of rotatable bonds is 6. The van der Waals surface area contributed by atoms with Crippen molar-refractivity contribution in [3.05, 3.63) is 65.7 Å². The average molecular weight is 311 g/mol. The zero-order chi connectivity index (χ0) is 16.7. The van der Waals surface area contributed by atoms with Crippen LogP contribution in [0.25, 0.3) is 0 Å². The van der Waals surface area contributed by atoms with Gasteiger partial charge in [-0.05, 0) is 42.3 Å². The molecule has 0 radical (unpaired) electrons. The third kappa shape index (κ3) is 5.12. The Morgan fingerprint density at radius 2 is 1.65 bits per heavy atom. The highest BCUT2D eigenvalue weighted by Gasteiger charge is 2.09. The van der Waals surface area contributed by atoms with Gasteiger partial charge in [-0.25, -0.2) is 0 Å². The Hall–Kier alpha value is -2.86. The van der Waals surface area contributed by atoms with E-state index >= 15 is 0 Å². The fraction of sp³-hybridized carbons (Fsp3) is 0.176. The first-order valence-corrected chi connectivity index (χ1v) is 7.25. The van der Waals surface area contributed by atoms with Gasteiger partial charge in [-0.3, -0.25) is 0 Å². The molecular weight excluding hydrogens is 290 g/mol. The molecule has 0 aromatic heterocycles. The van der Waals surface area contributed by atoms with Crippen molar-refractivity contribution >= 4 is 11.7 Å². The van der Waals surface area contributed by atoms with Gasteiger partial charge in [0.15, 0.2) is 0 Å². The van der Waals surface area contributed by atoms with Crippen molar-refractivity contribution < 1.29 is 4.74 Å². The Bertz CT molecular complexity index is 674. The lowest BCUT2D eigenvalue weighted by atomic mass is 10.1. The number of hydrogen-bond donors (Lipinski definition) is 3. The number of nitrogens with two attached hydrogens (primary N) is 3. The van der Waals surface area contributed by atoms with Gasteiger partial charge in [0.2, 0.25) is 5.96 Å². The minimum Gasteiger partial charge on any atom is -0.489 e. The van der Waals surface area contributed by atoms with Crippen LogP contribution in [-0.2, 0) is 6.61 Å². The molecule has 1 unspecified atom stereocenters. The Labute approximate surface area is 135 Å². The molecule has 0 amide bonds. The summed E-state index contributed by atoms with van der Waals surface area (Å²) in [7, 11) is 0. The summed E-state index contributed by atoms with van der Waals surface area (Å²) in [6, 6.07) is 17.2. The first-order valence-electron chi connectivity index (χ1n) is 7.25. The van der Waals surface area contributed by atoms with Gasteiger partial charge < -0.3 is 21.9 Å². The normalized spacial score (nSPS) is 12.5. The molecule has 6 N–H and O–H groups in total. The summed E-state index contributed by atoms with van der Waals surface area (Å²) in [4.78, 5) is 0. The third-order valence-corrected chi connectivity index (χ3v) is 3.10. The van der Waals surface area contributed by atoms with Gasteiger partial charge in [0, 0.05) is 6.04 Å². The summed E-state index contributed by atoms with van der Waals surface area (Å²) in [5.74, 6) is 0.662. The first-order chi connectivity index (χ1) is 11.1. The molecule has 0 aliphatic carbocycles. The van der Waals surface area contributed by atoms with E-state index in [1.807, 2.05) is 61.5 Å². The third-order valence-electron chi connectivity index (χ3n) is 3.10. The number of hydrogen-bond acceptors (Lipinski definition) is 4. The van der Waals surface area contributed by atoms with Gasteiger partial charge in [-0.15, -0.1) is 10.2 Å². The van der Waals surface area contributed by atoms with Crippen molar-refractivity contribution in [2.75, 3.05) is 0 Å². The van der Waals surface area contributed by atoms with Crippen molar-refractivity contribution in [1.29, 1.82) is 0 Å². The molecule has 2 aromatic carbocycles. The zero-order valence-corrected chi connectivity index (χ0v) is 13.0. The molecular formula is C17H21N5O. The minimum atomic E-state index is -0.297. The van der Waals surface area contributed by atoms with Crippen LogP contribution in [0.5, 0.6) is 5.75 Å². The summed E-state index contributed by atoms with van der Waals surface area (Å²) < 4.78 is 5.75. The standard InChI is InChI=1S/C17H21N5O/c1-12(18)16(21-22-17(19)20)14-7-9-15(10-8-14)23-11-13-5-3-2-4-6-13/h2-10,12H,11,18H2,1H3,(H4,19,20,22)/b21-16+. The van der Waals surface area contributed by atoms with Gasteiger partial charge in [0.25, 0.3) is 0 Å². The maximum Gasteiger partial charge on any atom is 0.211 e. The van der Waals surface area contributed by atoms with E-state index in [1.54, 1.807) is 0 Å². The van der Waals surface area contributed by atoms with Crippen molar-refractivity contribution in [2.45, 2.75) is 19.6 Å². The van der Waals surface area contributed by atoms with Crippen molar-refractivity contribution in [3.8, 4) is 5.75 Å². The SMILES string of the molecule is CC(N)/C(=N\N=C(N)N)c1ccc(OCc2ccccc2)cc1. The van der Waals surface area contributed by atoms with E-state index in [4.69, 9.17) is 21.9 Å². The summed E-state index contributed by atoms with van der Waals surface area (Å²) >= 11 is 0. The summed E-state index contributed by atoms with van der Waals surface area (Å²) in [6.07, 6.45) is 0. The lowest BCUT2D eigenvalue weighted by molar-refractivity contribution is 0.306. The van der Waals surface area contributed by atoms with Crippen LogP contribution in [0.4, 0.5) is 0 Å². The number of benzene rings is 2. The molecule has 0 fully saturated rings. The van der Waals surface area contributed by atoms with E-state index in [0.29, 0.717) is 12.3 Å². The van der Waals surface area contributed by atoms with Crippen LogP contribution in [0.3, 0.4) is 0 Å². The molecule has 2 aromatic rings. The molecule has 0 saturated carbocycles. The minimum absolute atomic E-state index is 0.106. The van der Waals surface area contributed by atoms with E-state index in [9.17, 15) is 0 Å². The van der Waals surface area contributed by atoms with Crippen LogP contribution < -0.4 is 21.9 Å². The highest BCUT2D eigenvalue weighted by molar-refractivity contribution is 6.04. The molecule has 0 saturated heterocycles. The van der Waals surface area contributed by atoms with Crippen LogP contribution in [-0.4, -0.2) is 17.7 Å². The van der Waals surface area contributed by atoms with Gasteiger partial charge in [-0.1, -0.05) is 30.3 Å². The van der Waals surface area contributed by atoms with Crippen LogP contribution in [0.2, 0.25) is 0 Å². The molecule has 0 heterocycles. The van der Waals surface area contributed by atoms with Gasteiger partial charge >= 0.3 is 0 Å². The smallest absolute Gasteiger partial charge is 0.211 e. The fourth-order valence-electron chi connectivity index (χ4n) is 1.99. The van der Waals surface area contributed by atoms with Gasteiger partial charge in [-0.2, -0.15) is 0 Å². The van der Waals surface area contributed by atoms with E-state index in [2.05, 4.69) is 10.2 Å². The van der Waals surface area contributed by atoms with E-state index in [-0.39, 0.29) is 12.0 Å². The monoisotopic (exact) mass is 311 g/mol. The van der Waals surface area contributed by atoms with Crippen molar-refractivity contribution in [2.24, 2.45) is 27.4 Å².